The number of nitro groups is 1. The Kier molecular flexibility index (Phi) is 2.64. The zero-order valence-electron chi connectivity index (χ0n) is 11.6. The lowest BCUT2D eigenvalue weighted by atomic mass is 9.92. The van der Waals surface area contributed by atoms with Crippen LogP contribution in [0.1, 0.15) is 24.0 Å². The Hall–Kier alpha value is -2.17. The molecule has 1 amide bonds. The summed E-state index contributed by atoms with van der Waals surface area (Å²) in [6.07, 6.45) is 6.50. The second-order valence-corrected chi connectivity index (χ2v) is 6.29. The van der Waals surface area contributed by atoms with Gasteiger partial charge in [0, 0.05) is 31.1 Å². The molecule has 1 aliphatic heterocycles. The van der Waals surface area contributed by atoms with Crippen molar-refractivity contribution in [3.05, 3.63) is 51.6 Å². The predicted molar refractivity (Wildman–Crippen MR) is 76.2 cm³/mol. The molecule has 0 aromatic heterocycles. The molecule has 3 aliphatic rings. The number of nitrogens with zero attached hydrogens (tertiary/aromatic N) is 2. The lowest BCUT2D eigenvalue weighted by molar-refractivity contribution is -0.384. The normalized spacial score (nSPS) is 29.0. The summed E-state index contributed by atoms with van der Waals surface area (Å²) in [6.45, 7) is 1.09. The van der Waals surface area contributed by atoms with Crippen molar-refractivity contribution in [2.24, 2.45) is 17.8 Å². The van der Waals surface area contributed by atoms with Gasteiger partial charge in [0.25, 0.3) is 5.69 Å². The second kappa shape index (κ2) is 4.41. The summed E-state index contributed by atoms with van der Waals surface area (Å²) in [5, 5.41) is 10.8. The molecule has 1 aromatic carbocycles. The number of non-ortho nitro benzene ring substituents is 1. The van der Waals surface area contributed by atoms with Crippen molar-refractivity contribution in [1.29, 1.82) is 0 Å². The smallest absolute Gasteiger partial charge is 0.269 e. The van der Waals surface area contributed by atoms with Crippen LogP contribution in [0.2, 0.25) is 0 Å². The Morgan fingerprint density at radius 2 is 2.00 bits per heavy atom. The zero-order valence-corrected chi connectivity index (χ0v) is 11.6. The number of benzene rings is 1. The van der Waals surface area contributed by atoms with Gasteiger partial charge in [0.05, 0.1) is 4.92 Å². The van der Waals surface area contributed by atoms with E-state index in [1.54, 1.807) is 12.1 Å². The van der Waals surface area contributed by atoms with Crippen LogP contribution >= 0.6 is 0 Å². The van der Waals surface area contributed by atoms with E-state index in [0.717, 1.165) is 24.0 Å². The van der Waals surface area contributed by atoms with Gasteiger partial charge in [0.15, 0.2) is 0 Å². The molecule has 0 saturated heterocycles. The maximum absolute atomic E-state index is 12.7. The molecule has 4 rings (SSSR count). The van der Waals surface area contributed by atoms with Crippen LogP contribution in [-0.2, 0) is 17.9 Å². The van der Waals surface area contributed by atoms with Crippen molar-refractivity contribution >= 4 is 11.6 Å². The van der Waals surface area contributed by atoms with Gasteiger partial charge in [0.1, 0.15) is 0 Å². The lowest BCUT2D eigenvalue weighted by Crippen LogP contribution is -2.33. The van der Waals surface area contributed by atoms with Gasteiger partial charge in [-0.25, -0.2) is 0 Å². The fraction of sp³-hybridized carbons (Fsp3) is 0.438. The number of fused-ring (bicyclic) bond motifs is 3. The number of amides is 1. The molecule has 1 saturated carbocycles. The van der Waals surface area contributed by atoms with Gasteiger partial charge >= 0.3 is 0 Å². The summed E-state index contributed by atoms with van der Waals surface area (Å²) in [5.74, 6) is 1.31. The Balaban J connectivity index is 1.53. The average molecular weight is 284 g/mol. The Bertz CT molecular complexity index is 667. The van der Waals surface area contributed by atoms with Gasteiger partial charge in [0.2, 0.25) is 5.91 Å². The van der Waals surface area contributed by atoms with Crippen molar-refractivity contribution in [3.8, 4) is 0 Å². The maximum atomic E-state index is 12.7. The number of hydrogen-bond donors (Lipinski definition) is 0. The van der Waals surface area contributed by atoms with E-state index in [1.165, 1.54) is 6.07 Å². The number of hydrogen-bond acceptors (Lipinski definition) is 3. The topological polar surface area (TPSA) is 63.5 Å². The van der Waals surface area contributed by atoms with Gasteiger partial charge in [-0.2, -0.15) is 0 Å². The van der Waals surface area contributed by atoms with E-state index in [0.29, 0.717) is 24.9 Å². The van der Waals surface area contributed by atoms with Crippen molar-refractivity contribution in [2.75, 3.05) is 0 Å². The minimum Gasteiger partial charge on any atom is -0.334 e. The highest BCUT2D eigenvalue weighted by Crippen LogP contribution is 2.45. The molecule has 21 heavy (non-hydrogen) atoms. The van der Waals surface area contributed by atoms with Crippen LogP contribution in [-0.4, -0.2) is 15.7 Å². The van der Waals surface area contributed by atoms with E-state index >= 15 is 0 Å². The monoisotopic (exact) mass is 284 g/mol. The van der Waals surface area contributed by atoms with E-state index in [1.807, 2.05) is 4.90 Å². The summed E-state index contributed by atoms with van der Waals surface area (Å²) in [5.41, 5.74) is 2.05. The van der Waals surface area contributed by atoms with E-state index in [4.69, 9.17) is 0 Å². The van der Waals surface area contributed by atoms with Crippen molar-refractivity contribution < 1.29 is 9.72 Å². The number of rotatable bonds is 2. The van der Waals surface area contributed by atoms with Crippen molar-refractivity contribution in [3.63, 3.8) is 0 Å². The number of nitro benzene ring substituents is 1. The third-order valence-electron chi connectivity index (χ3n) is 5.03. The molecular weight excluding hydrogens is 268 g/mol. The van der Waals surface area contributed by atoms with Gasteiger partial charge in [-0.05, 0) is 35.8 Å². The SMILES string of the molecule is O=C([C@@H]1C[C@H]2C=C[C@H]1C2)N1Cc2ccc([N+](=O)[O-])cc2C1. The van der Waals surface area contributed by atoms with E-state index < -0.39 is 0 Å². The molecule has 3 atom stereocenters. The zero-order chi connectivity index (χ0) is 14.6. The van der Waals surface area contributed by atoms with Gasteiger partial charge < -0.3 is 4.90 Å². The molecule has 0 radical (unpaired) electrons. The van der Waals surface area contributed by atoms with Crippen molar-refractivity contribution in [2.45, 2.75) is 25.9 Å². The lowest BCUT2D eigenvalue weighted by Gasteiger charge is -2.24. The molecule has 5 nitrogen and oxygen atoms in total. The fourth-order valence-electron chi connectivity index (χ4n) is 3.95. The molecular formula is C16H16N2O3. The van der Waals surface area contributed by atoms with Crippen LogP contribution in [0.3, 0.4) is 0 Å². The predicted octanol–water partition coefficient (Wildman–Crippen LogP) is 2.65. The van der Waals surface area contributed by atoms with Crippen LogP contribution in [0.5, 0.6) is 0 Å². The van der Waals surface area contributed by atoms with Gasteiger partial charge in [-0.1, -0.05) is 18.2 Å². The highest BCUT2D eigenvalue weighted by atomic mass is 16.6. The largest absolute Gasteiger partial charge is 0.334 e. The minimum absolute atomic E-state index is 0.103. The highest BCUT2D eigenvalue weighted by Gasteiger charge is 2.42. The first kappa shape index (κ1) is 12.6. The second-order valence-electron chi connectivity index (χ2n) is 6.29. The fourth-order valence-corrected chi connectivity index (χ4v) is 3.95. The third kappa shape index (κ3) is 1.95. The first-order valence-corrected chi connectivity index (χ1v) is 7.35. The van der Waals surface area contributed by atoms with Crippen LogP contribution in [0.4, 0.5) is 5.69 Å². The van der Waals surface area contributed by atoms with E-state index in [9.17, 15) is 14.9 Å². The van der Waals surface area contributed by atoms with Crippen LogP contribution in [0.15, 0.2) is 30.4 Å². The molecule has 108 valence electrons. The quantitative estimate of drug-likeness (QED) is 0.476. The maximum Gasteiger partial charge on any atom is 0.269 e. The first-order chi connectivity index (χ1) is 10.1. The molecule has 1 aromatic rings. The highest BCUT2D eigenvalue weighted by molar-refractivity contribution is 5.81. The molecule has 0 N–H and O–H groups in total. The summed E-state index contributed by atoms with van der Waals surface area (Å²) in [7, 11) is 0. The molecule has 2 bridgehead atoms. The third-order valence-corrected chi connectivity index (χ3v) is 5.03. The molecule has 2 aliphatic carbocycles. The van der Waals surface area contributed by atoms with Crippen LogP contribution in [0.25, 0.3) is 0 Å². The van der Waals surface area contributed by atoms with E-state index in [-0.39, 0.29) is 22.4 Å². The minimum atomic E-state index is -0.383. The summed E-state index contributed by atoms with van der Waals surface area (Å²) in [4.78, 5) is 25.0. The number of allylic oxidation sites excluding steroid dienone is 2. The Labute approximate surface area is 122 Å². The summed E-state index contributed by atoms with van der Waals surface area (Å²) >= 11 is 0. The standard InChI is InChI=1S/C16H16N2O3/c19-16(15-6-10-1-2-11(15)5-10)17-8-12-3-4-14(18(20)21)7-13(12)9-17/h1-4,7,10-11,15H,5-6,8-9H2/t10-,11-,15+/m0/s1. The number of carbonyl (C=O) groups is 1. The van der Waals surface area contributed by atoms with Crippen LogP contribution < -0.4 is 0 Å². The molecule has 0 unspecified atom stereocenters. The van der Waals surface area contributed by atoms with Gasteiger partial charge in [-0.3, -0.25) is 14.9 Å². The first-order valence-electron chi connectivity index (χ1n) is 7.35. The summed E-state index contributed by atoms with van der Waals surface area (Å²) < 4.78 is 0. The average Bonchev–Trinajstić information content (AvgIpc) is 3.19. The Morgan fingerprint density at radius 3 is 2.67 bits per heavy atom. The van der Waals surface area contributed by atoms with Crippen molar-refractivity contribution in [1.82, 2.24) is 4.90 Å². The Morgan fingerprint density at radius 1 is 1.19 bits per heavy atom. The molecule has 0 spiro atoms. The van der Waals surface area contributed by atoms with E-state index in [2.05, 4.69) is 12.2 Å². The molecule has 1 fully saturated rings. The van der Waals surface area contributed by atoms with Gasteiger partial charge in [-0.15, -0.1) is 0 Å². The number of carbonyl (C=O) groups excluding carboxylic acids is 1. The summed E-state index contributed by atoms with van der Waals surface area (Å²) in [6, 6.07) is 4.90. The van der Waals surface area contributed by atoms with Crippen LogP contribution in [0, 0.1) is 27.9 Å². The molecule has 1 heterocycles. The molecule has 5 heteroatoms.